The molecule has 0 bridgehead atoms. The predicted octanol–water partition coefficient (Wildman–Crippen LogP) is 0.486. The standard InChI is InChI=1S/C10H15N3O2S/c1-12-16(14,15)13-6-2-3-8-4-5-9(11)7-10(8)13/h4-5,7,12H,2-3,6,11H2,1H3. The van der Waals surface area contributed by atoms with Crippen molar-refractivity contribution in [2.24, 2.45) is 0 Å². The number of aryl methyl sites for hydroxylation is 1. The Morgan fingerprint density at radius 2 is 2.19 bits per heavy atom. The molecule has 2 rings (SSSR count). The highest BCUT2D eigenvalue weighted by Crippen LogP contribution is 2.30. The van der Waals surface area contributed by atoms with E-state index < -0.39 is 10.2 Å². The first kappa shape index (κ1) is 11.2. The minimum atomic E-state index is -3.42. The van der Waals surface area contributed by atoms with Gasteiger partial charge in [-0.3, -0.25) is 4.31 Å². The summed E-state index contributed by atoms with van der Waals surface area (Å²) in [5.41, 5.74) is 7.99. The highest BCUT2D eigenvalue weighted by molar-refractivity contribution is 7.90. The molecule has 0 saturated carbocycles. The van der Waals surface area contributed by atoms with Crippen molar-refractivity contribution in [1.29, 1.82) is 0 Å². The molecule has 1 aliphatic rings. The van der Waals surface area contributed by atoms with E-state index >= 15 is 0 Å². The topological polar surface area (TPSA) is 75.4 Å². The summed E-state index contributed by atoms with van der Waals surface area (Å²) in [7, 11) is -2.01. The monoisotopic (exact) mass is 241 g/mol. The molecule has 0 unspecified atom stereocenters. The Kier molecular flexibility index (Phi) is 2.77. The van der Waals surface area contributed by atoms with Gasteiger partial charge in [0.2, 0.25) is 0 Å². The summed E-state index contributed by atoms with van der Waals surface area (Å²) in [6.45, 7) is 0.500. The number of hydrogen-bond acceptors (Lipinski definition) is 3. The average molecular weight is 241 g/mol. The number of benzene rings is 1. The number of nitrogens with two attached hydrogens (primary N) is 1. The van der Waals surface area contributed by atoms with Crippen LogP contribution in [-0.4, -0.2) is 22.0 Å². The van der Waals surface area contributed by atoms with Crippen LogP contribution < -0.4 is 14.8 Å². The number of nitrogens with zero attached hydrogens (tertiary/aromatic N) is 1. The number of anilines is 2. The molecule has 16 heavy (non-hydrogen) atoms. The molecule has 0 aliphatic carbocycles. The molecule has 1 aromatic rings. The van der Waals surface area contributed by atoms with E-state index in [0.717, 1.165) is 18.4 Å². The Hall–Kier alpha value is -1.27. The summed E-state index contributed by atoms with van der Waals surface area (Å²) >= 11 is 0. The molecule has 0 amide bonds. The van der Waals surface area contributed by atoms with Crippen molar-refractivity contribution in [3.05, 3.63) is 23.8 Å². The molecule has 1 aliphatic heterocycles. The van der Waals surface area contributed by atoms with Gasteiger partial charge in [0.25, 0.3) is 0 Å². The van der Waals surface area contributed by atoms with Crippen LogP contribution in [-0.2, 0) is 16.6 Å². The number of nitrogens with one attached hydrogen (secondary N) is 1. The van der Waals surface area contributed by atoms with Crippen molar-refractivity contribution in [1.82, 2.24) is 4.72 Å². The largest absolute Gasteiger partial charge is 0.399 e. The minimum absolute atomic E-state index is 0.500. The van der Waals surface area contributed by atoms with E-state index in [9.17, 15) is 8.42 Å². The maximum Gasteiger partial charge on any atom is 0.301 e. The van der Waals surface area contributed by atoms with Crippen molar-refractivity contribution in [2.75, 3.05) is 23.6 Å². The van der Waals surface area contributed by atoms with Crippen LogP contribution in [0, 0.1) is 0 Å². The highest BCUT2D eigenvalue weighted by Gasteiger charge is 2.26. The second kappa shape index (κ2) is 3.95. The molecule has 88 valence electrons. The lowest BCUT2D eigenvalue weighted by Crippen LogP contribution is -2.41. The molecule has 1 aromatic carbocycles. The summed E-state index contributed by atoms with van der Waals surface area (Å²) in [6, 6.07) is 5.40. The third kappa shape index (κ3) is 1.85. The van der Waals surface area contributed by atoms with Gasteiger partial charge in [-0.05, 0) is 30.5 Å². The molecule has 6 heteroatoms. The van der Waals surface area contributed by atoms with E-state index in [0.29, 0.717) is 17.9 Å². The van der Waals surface area contributed by atoms with Gasteiger partial charge in [-0.1, -0.05) is 6.07 Å². The number of hydrogen-bond donors (Lipinski definition) is 2. The van der Waals surface area contributed by atoms with Crippen molar-refractivity contribution in [3.63, 3.8) is 0 Å². The van der Waals surface area contributed by atoms with Gasteiger partial charge in [-0.2, -0.15) is 8.42 Å². The van der Waals surface area contributed by atoms with Crippen LogP contribution >= 0.6 is 0 Å². The van der Waals surface area contributed by atoms with E-state index in [1.165, 1.54) is 11.4 Å². The van der Waals surface area contributed by atoms with E-state index in [1.807, 2.05) is 6.07 Å². The fourth-order valence-electron chi connectivity index (χ4n) is 1.92. The van der Waals surface area contributed by atoms with Crippen molar-refractivity contribution in [2.45, 2.75) is 12.8 Å². The van der Waals surface area contributed by atoms with E-state index in [2.05, 4.69) is 4.72 Å². The highest BCUT2D eigenvalue weighted by atomic mass is 32.2. The minimum Gasteiger partial charge on any atom is -0.399 e. The molecule has 5 nitrogen and oxygen atoms in total. The quantitative estimate of drug-likeness (QED) is 0.740. The molecule has 0 saturated heterocycles. The van der Waals surface area contributed by atoms with E-state index in [-0.39, 0.29) is 0 Å². The summed E-state index contributed by atoms with van der Waals surface area (Å²) < 4.78 is 27.3. The summed E-state index contributed by atoms with van der Waals surface area (Å²) in [5.74, 6) is 0. The second-order valence-corrected chi connectivity index (χ2v) is 5.57. The van der Waals surface area contributed by atoms with Crippen LogP contribution in [0.2, 0.25) is 0 Å². The number of rotatable bonds is 2. The SMILES string of the molecule is CNS(=O)(=O)N1CCCc2ccc(N)cc21. The first-order chi connectivity index (χ1) is 7.54. The van der Waals surface area contributed by atoms with Gasteiger partial charge in [0.05, 0.1) is 5.69 Å². The predicted molar refractivity (Wildman–Crippen MR) is 64.5 cm³/mol. The lowest BCUT2D eigenvalue weighted by atomic mass is 10.0. The third-order valence-electron chi connectivity index (χ3n) is 2.73. The molecular formula is C10H15N3O2S. The van der Waals surface area contributed by atoms with E-state index in [4.69, 9.17) is 5.73 Å². The molecular weight excluding hydrogens is 226 g/mol. The lowest BCUT2D eigenvalue weighted by molar-refractivity contribution is 0.578. The molecule has 0 atom stereocenters. The molecule has 0 radical (unpaired) electrons. The first-order valence-corrected chi connectivity index (χ1v) is 6.58. The molecule has 0 fully saturated rings. The van der Waals surface area contributed by atoms with Gasteiger partial charge in [-0.15, -0.1) is 0 Å². The van der Waals surface area contributed by atoms with Crippen LogP contribution in [0.25, 0.3) is 0 Å². The van der Waals surface area contributed by atoms with Crippen LogP contribution in [0.1, 0.15) is 12.0 Å². The zero-order valence-corrected chi connectivity index (χ0v) is 9.92. The smallest absolute Gasteiger partial charge is 0.301 e. The van der Waals surface area contributed by atoms with Gasteiger partial charge < -0.3 is 5.73 Å². The summed E-state index contributed by atoms with van der Waals surface area (Å²) in [5, 5.41) is 0. The number of nitrogen functional groups attached to an aromatic ring is 1. The maximum absolute atomic E-state index is 11.8. The van der Waals surface area contributed by atoms with Crippen molar-refractivity contribution >= 4 is 21.6 Å². The van der Waals surface area contributed by atoms with Gasteiger partial charge in [0, 0.05) is 19.3 Å². The Bertz CT molecular complexity index is 499. The third-order valence-corrected chi connectivity index (χ3v) is 4.21. The van der Waals surface area contributed by atoms with Gasteiger partial charge in [0.15, 0.2) is 0 Å². The summed E-state index contributed by atoms with van der Waals surface area (Å²) in [4.78, 5) is 0. The molecule has 0 aromatic heterocycles. The fourth-order valence-corrected chi connectivity index (χ4v) is 2.94. The number of fused-ring (bicyclic) bond motifs is 1. The lowest BCUT2D eigenvalue weighted by Gasteiger charge is -2.30. The summed E-state index contributed by atoms with van der Waals surface area (Å²) in [6.07, 6.45) is 1.73. The Labute approximate surface area is 95.4 Å². The fraction of sp³-hybridized carbons (Fsp3) is 0.400. The van der Waals surface area contributed by atoms with Crippen molar-refractivity contribution < 1.29 is 8.42 Å². The van der Waals surface area contributed by atoms with Crippen LogP contribution in [0.5, 0.6) is 0 Å². The van der Waals surface area contributed by atoms with Crippen molar-refractivity contribution in [3.8, 4) is 0 Å². The van der Waals surface area contributed by atoms with Crippen LogP contribution in [0.3, 0.4) is 0 Å². The second-order valence-electron chi connectivity index (χ2n) is 3.77. The van der Waals surface area contributed by atoms with E-state index in [1.54, 1.807) is 12.1 Å². The average Bonchev–Trinajstić information content (AvgIpc) is 2.28. The first-order valence-electron chi connectivity index (χ1n) is 5.14. The normalized spacial score (nSPS) is 15.9. The maximum atomic E-state index is 11.8. The van der Waals surface area contributed by atoms with Gasteiger partial charge in [-0.25, -0.2) is 4.72 Å². The van der Waals surface area contributed by atoms with Gasteiger partial charge >= 0.3 is 10.2 Å². The Morgan fingerprint density at radius 1 is 1.44 bits per heavy atom. The Balaban J connectivity index is 2.51. The molecule has 0 spiro atoms. The van der Waals surface area contributed by atoms with Crippen LogP contribution in [0.4, 0.5) is 11.4 Å². The molecule has 1 heterocycles. The van der Waals surface area contributed by atoms with Crippen LogP contribution in [0.15, 0.2) is 18.2 Å². The zero-order valence-electron chi connectivity index (χ0n) is 9.10. The Morgan fingerprint density at radius 3 is 2.88 bits per heavy atom. The zero-order chi connectivity index (χ0) is 11.8. The molecule has 3 N–H and O–H groups in total. The van der Waals surface area contributed by atoms with Gasteiger partial charge in [0.1, 0.15) is 0 Å².